The molecule has 26 heteroatoms. The molecule has 0 saturated heterocycles. The molecule has 1 fully saturated rings. The van der Waals surface area contributed by atoms with Gasteiger partial charge in [0.05, 0.1) is 6.61 Å². The van der Waals surface area contributed by atoms with Crippen molar-refractivity contribution in [2.75, 3.05) is 13.2 Å². The van der Waals surface area contributed by atoms with Gasteiger partial charge in [0.25, 0.3) is 0 Å². The predicted molar refractivity (Wildman–Crippen MR) is 134 cm³/mol. The molecule has 3 unspecified atom stereocenters. The molecule has 0 heterocycles. The molecule has 1 aliphatic rings. The Morgan fingerprint density at radius 1 is 0.628 bits per heavy atom. The summed E-state index contributed by atoms with van der Waals surface area (Å²) in [5.74, 6) is -1.53. The summed E-state index contributed by atoms with van der Waals surface area (Å²) in [5, 5.41) is 21.2. The zero-order valence-electron chi connectivity index (χ0n) is 22.4. The van der Waals surface area contributed by atoms with Crippen LogP contribution in [0.5, 0.6) is 0 Å². The zero-order valence-corrected chi connectivity index (χ0v) is 26.0. The zero-order chi connectivity index (χ0) is 33.4. The van der Waals surface area contributed by atoms with E-state index in [0.29, 0.717) is 12.8 Å². The Balaban J connectivity index is 3.30. The topological polar surface area (TPSA) is 349 Å². The van der Waals surface area contributed by atoms with E-state index < -0.39 is 99.2 Å². The minimum Gasteiger partial charge on any atom is -0.462 e. The third-order valence-corrected chi connectivity index (χ3v) is 7.63. The number of rotatable bonds is 18. The number of hydrogen-bond donors (Lipinski definition) is 9. The first-order valence-corrected chi connectivity index (χ1v) is 18.2. The van der Waals surface area contributed by atoms with E-state index in [-0.39, 0.29) is 12.8 Å². The van der Waals surface area contributed by atoms with Crippen molar-refractivity contribution in [3.8, 4) is 0 Å². The summed E-state index contributed by atoms with van der Waals surface area (Å²) in [6.07, 6.45) is -17.3. The third-order valence-electron chi connectivity index (χ3n) is 5.09. The Hall–Kier alpha value is -0.700. The van der Waals surface area contributed by atoms with Gasteiger partial charge < -0.3 is 53.9 Å². The van der Waals surface area contributed by atoms with Gasteiger partial charge in [0, 0.05) is 12.8 Å². The minimum atomic E-state index is -5.75. The number of phosphoric ester groups is 4. The van der Waals surface area contributed by atoms with Crippen molar-refractivity contribution in [1.82, 2.24) is 0 Å². The number of carbonyl (C=O) groups excluding carboxylic acids is 2. The van der Waals surface area contributed by atoms with E-state index in [2.05, 4.69) is 18.1 Å². The monoisotopic (exact) mass is 714 g/mol. The van der Waals surface area contributed by atoms with Crippen LogP contribution in [0.2, 0.25) is 0 Å². The highest BCUT2D eigenvalue weighted by molar-refractivity contribution is 7.47. The molecule has 0 bridgehead atoms. The molecular formula is C17H34O22P4. The van der Waals surface area contributed by atoms with Gasteiger partial charge in [0.2, 0.25) is 0 Å². The molecule has 0 radical (unpaired) electrons. The van der Waals surface area contributed by atoms with E-state index in [1.807, 2.05) is 0 Å². The van der Waals surface area contributed by atoms with Crippen LogP contribution < -0.4 is 0 Å². The van der Waals surface area contributed by atoms with Crippen LogP contribution in [-0.4, -0.2) is 112 Å². The van der Waals surface area contributed by atoms with E-state index >= 15 is 0 Å². The molecule has 1 saturated carbocycles. The number of esters is 2. The fraction of sp³-hybridized carbons (Fsp3) is 0.882. The highest BCUT2D eigenvalue weighted by Gasteiger charge is 2.58. The summed E-state index contributed by atoms with van der Waals surface area (Å²) in [6, 6.07) is 0. The van der Waals surface area contributed by atoms with Crippen LogP contribution in [0.4, 0.5) is 0 Å². The lowest BCUT2D eigenvalue weighted by Crippen LogP contribution is -2.65. The van der Waals surface area contributed by atoms with Gasteiger partial charge in [-0.1, -0.05) is 13.8 Å². The maximum Gasteiger partial charge on any atom is 0.472 e. The van der Waals surface area contributed by atoms with Crippen LogP contribution in [0.3, 0.4) is 0 Å². The normalized spacial score (nSPS) is 27.2. The van der Waals surface area contributed by atoms with E-state index in [9.17, 15) is 72.3 Å². The maximum atomic E-state index is 12.7. The average Bonchev–Trinajstić information content (AvgIpc) is 2.82. The summed E-state index contributed by atoms with van der Waals surface area (Å²) >= 11 is 0. The van der Waals surface area contributed by atoms with Crippen molar-refractivity contribution in [2.45, 2.75) is 82.3 Å². The molecule has 0 aliphatic heterocycles. The molecule has 1 aliphatic carbocycles. The second kappa shape index (κ2) is 16.7. The maximum absolute atomic E-state index is 12.7. The number of hydrogen-bond acceptors (Lipinski definition) is 15. The second-order valence-corrected chi connectivity index (χ2v) is 13.8. The Morgan fingerprint density at radius 2 is 1.05 bits per heavy atom. The standard InChI is InChI=1S/C17H34O22P4/c1-3-5-10(18)33-7-9(35-11(19)6-4-2)8-34-43(31,32)39-14-12(20)15(36-40(22,23)24)17(38-42(28,29)30)16(13(14)21)37-41(25,26)27/h9,12-17,20-21H,3-8H2,1-2H3,(H,31,32)(H2,22,23,24)(H2,25,26,27)(H2,28,29,30)/t9-,12+,13+,14?,15-,16+,17?/m1/s1. The number of carbonyl (C=O) groups is 2. The van der Waals surface area contributed by atoms with E-state index in [0.717, 1.165) is 0 Å². The van der Waals surface area contributed by atoms with Gasteiger partial charge in [-0.2, -0.15) is 0 Å². The van der Waals surface area contributed by atoms with Crippen LogP contribution in [0.15, 0.2) is 0 Å². The lowest BCUT2D eigenvalue weighted by atomic mass is 9.85. The molecule has 0 amide bonds. The summed E-state index contributed by atoms with van der Waals surface area (Å²) < 4.78 is 79.1. The van der Waals surface area contributed by atoms with Crippen molar-refractivity contribution in [3.63, 3.8) is 0 Å². The van der Waals surface area contributed by atoms with E-state index in [1.165, 1.54) is 0 Å². The van der Waals surface area contributed by atoms with Crippen molar-refractivity contribution in [3.05, 3.63) is 0 Å². The minimum absolute atomic E-state index is 0.0159. The lowest BCUT2D eigenvalue weighted by Gasteiger charge is -2.45. The highest BCUT2D eigenvalue weighted by Crippen LogP contribution is 2.53. The Labute approximate surface area is 243 Å². The van der Waals surface area contributed by atoms with Crippen molar-refractivity contribution in [2.24, 2.45) is 0 Å². The second-order valence-electron chi connectivity index (χ2n) is 8.79. The van der Waals surface area contributed by atoms with Crippen molar-refractivity contribution < 1.29 is 104 Å². The highest BCUT2D eigenvalue weighted by atomic mass is 31.2. The smallest absolute Gasteiger partial charge is 0.462 e. The van der Waals surface area contributed by atoms with Crippen LogP contribution in [0.25, 0.3) is 0 Å². The van der Waals surface area contributed by atoms with Gasteiger partial charge in [-0.3, -0.25) is 32.2 Å². The van der Waals surface area contributed by atoms with Gasteiger partial charge in [-0.25, -0.2) is 18.3 Å². The average molecular weight is 714 g/mol. The van der Waals surface area contributed by atoms with Gasteiger partial charge in [0.1, 0.15) is 43.2 Å². The lowest BCUT2D eigenvalue weighted by molar-refractivity contribution is -0.209. The number of ether oxygens (including phenoxy) is 2. The van der Waals surface area contributed by atoms with Gasteiger partial charge in [-0.05, 0) is 12.8 Å². The van der Waals surface area contributed by atoms with Crippen LogP contribution in [-0.2, 0) is 59.9 Å². The molecule has 8 atom stereocenters. The van der Waals surface area contributed by atoms with Gasteiger partial charge >= 0.3 is 43.2 Å². The number of aliphatic hydroxyl groups is 2. The Morgan fingerprint density at radius 3 is 1.47 bits per heavy atom. The first-order valence-electron chi connectivity index (χ1n) is 12.1. The summed E-state index contributed by atoms with van der Waals surface area (Å²) in [7, 11) is -22.8. The van der Waals surface area contributed by atoms with Crippen LogP contribution >= 0.6 is 31.3 Å². The van der Waals surface area contributed by atoms with Crippen LogP contribution in [0, 0.1) is 0 Å². The third kappa shape index (κ3) is 15.4. The summed E-state index contributed by atoms with van der Waals surface area (Å²) in [4.78, 5) is 89.0. The Kier molecular flexibility index (Phi) is 15.7. The van der Waals surface area contributed by atoms with Gasteiger partial charge in [0.15, 0.2) is 6.10 Å². The molecule has 0 aromatic carbocycles. The molecule has 43 heavy (non-hydrogen) atoms. The molecular weight excluding hydrogens is 680 g/mol. The Bertz CT molecular complexity index is 1080. The molecule has 9 N–H and O–H groups in total. The largest absolute Gasteiger partial charge is 0.472 e. The first kappa shape index (κ1) is 40.3. The summed E-state index contributed by atoms with van der Waals surface area (Å²) in [5.41, 5.74) is 0. The fourth-order valence-electron chi connectivity index (χ4n) is 3.51. The fourth-order valence-corrected chi connectivity index (χ4v) is 6.16. The van der Waals surface area contributed by atoms with Crippen molar-refractivity contribution >= 4 is 43.2 Å². The molecule has 22 nitrogen and oxygen atoms in total. The molecule has 254 valence electrons. The predicted octanol–water partition coefficient (Wildman–Crippen LogP) is -1.29. The van der Waals surface area contributed by atoms with Crippen molar-refractivity contribution in [1.29, 1.82) is 0 Å². The van der Waals surface area contributed by atoms with E-state index in [1.54, 1.807) is 13.8 Å². The molecule has 0 aromatic rings. The summed E-state index contributed by atoms with van der Waals surface area (Å²) in [6.45, 7) is 1.63. The molecule has 0 aromatic heterocycles. The number of aliphatic hydroxyl groups excluding tert-OH is 2. The van der Waals surface area contributed by atoms with E-state index in [4.69, 9.17) is 14.0 Å². The number of phosphoric acid groups is 4. The van der Waals surface area contributed by atoms with Gasteiger partial charge in [-0.15, -0.1) is 0 Å². The van der Waals surface area contributed by atoms with Crippen LogP contribution in [0.1, 0.15) is 39.5 Å². The molecule has 0 spiro atoms. The molecule has 1 rings (SSSR count). The first-order chi connectivity index (χ1) is 19.5. The SMILES string of the molecule is CCCC(=O)OC[C@H](COP(=O)(O)OC1[C@H](O)[C@H](OP(=O)(O)O)C(OP(=O)(O)O)[C@H](OP(=O)(O)O)[C@H]1O)OC(=O)CCC. The quantitative estimate of drug-likeness (QED) is 0.0589.